The van der Waals surface area contributed by atoms with Crippen LogP contribution in [-0.4, -0.2) is 40.1 Å². The lowest BCUT2D eigenvalue weighted by Crippen LogP contribution is -2.40. The van der Waals surface area contributed by atoms with Gasteiger partial charge in [0.1, 0.15) is 10.6 Å². The summed E-state index contributed by atoms with van der Waals surface area (Å²) in [6.45, 7) is 2.42. The van der Waals surface area contributed by atoms with Crippen molar-refractivity contribution in [3.63, 3.8) is 0 Å². The smallest absolute Gasteiger partial charge is 0.251 e. The summed E-state index contributed by atoms with van der Waals surface area (Å²) in [5.41, 5.74) is 6.01. The number of carbonyl (C=O) groups excluding carboxylic acids is 1. The number of methoxy groups -OCH3 is 1. The maximum Gasteiger partial charge on any atom is 0.251 e. The zero-order valence-corrected chi connectivity index (χ0v) is 17.0. The van der Waals surface area contributed by atoms with Crippen molar-refractivity contribution in [3.05, 3.63) is 23.8 Å². The van der Waals surface area contributed by atoms with E-state index in [2.05, 4.69) is 17.0 Å². The number of unbranched alkanes of at least 4 members (excludes halogenated alkanes) is 1. The maximum atomic E-state index is 12.8. The van der Waals surface area contributed by atoms with Gasteiger partial charge in [0, 0.05) is 24.2 Å². The van der Waals surface area contributed by atoms with Crippen LogP contribution < -0.4 is 20.5 Å². The van der Waals surface area contributed by atoms with E-state index in [1.165, 1.54) is 19.2 Å². The summed E-state index contributed by atoms with van der Waals surface area (Å²) in [5.74, 6) is -0.111. The molecule has 1 fully saturated rings. The Morgan fingerprint density at radius 2 is 2.04 bits per heavy atom. The standard InChI is InChI=1S/C19H31N3O4S/c1-3-4-7-16(13-20)21-19(23)14-10-11-17(26-2)18(12-14)27(24,25)22-15-8-5-6-9-15/h10-12,15-16,22H,3-9,13,20H2,1-2H3,(H,21,23). The first-order valence-electron chi connectivity index (χ1n) is 9.62. The number of sulfonamides is 1. The quantitative estimate of drug-likeness (QED) is 0.560. The van der Waals surface area contributed by atoms with Crippen LogP contribution >= 0.6 is 0 Å². The Morgan fingerprint density at radius 3 is 2.63 bits per heavy atom. The number of nitrogens with one attached hydrogen (secondary N) is 2. The molecule has 0 bridgehead atoms. The second-order valence-electron chi connectivity index (χ2n) is 7.02. The van der Waals surface area contributed by atoms with E-state index in [9.17, 15) is 13.2 Å². The normalized spacial score (nSPS) is 16.3. The Bertz CT molecular complexity index is 730. The number of hydrogen-bond acceptors (Lipinski definition) is 5. The minimum Gasteiger partial charge on any atom is -0.495 e. The summed E-state index contributed by atoms with van der Waals surface area (Å²) < 4.78 is 33.6. The number of ether oxygens (including phenoxy) is 1. The van der Waals surface area contributed by atoms with E-state index < -0.39 is 10.0 Å². The molecule has 0 aromatic heterocycles. The van der Waals surface area contributed by atoms with Gasteiger partial charge < -0.3 is 15.8 Å². The zero-order chi connectivity index (χ0) is 19.9. The topological polar surface area (TPSA) is 111 Å². The molecule has 2 rings (SSSR count). The first-order chi connectivity index (χ1) is 12.9. The van der Waals surface area contributed by atoms with Gasteiger partial charge in [-0.15, -0.1) is 0 Å². The van der Waals surface area contributed by atoms with Crippen molar-refractivity contribution in [2.45, 2.75) is 68.8 Å². The highest BCUT2D eigenvalue weighted by Crippen LogP contribution is 2.27. The summed E-state index contributed by atoms with van der Waals surface area (Å²) in [7, 11) is -2.35. The monoisotopic (exact) mass is 397 g/mol. The molecule has 0 radical (unpaired) electrons. The van der Waals surface area contributed by atoms with Crippen LogP contribution in [0, 0.1) is 0 Å². The van der Waals surface area contributed by atoms with Crippen LogP contribution in [-0.2, 0) is 10.0 Å². The Labute approximate surface area is 162 Å². The molecule has 1 aliphatic carbocycles. The lowest BCUT2D eigenvalue weighted by molar-refractivity contribution is 0.0935. The molecule has 0 aliphatic heterocycles. The van der Waals surface area contributed by atoms with Gasteiger partial charge >= 0.3 is 0 Å². The molecule has 0 spiro atoms. The largest absolute Gasteiger partial charge is 0.495 e. The number of nitrogens with two attached hydrogens (primary N) is 1. The van der Waals surface area contributed by atoms with E-state index in [1.807, 2.05) is 0 Å². The van der Waals surface area contributed by atoms with Gasteiger partial charge in [0.05, 0.1) is 7.11 Å². The third-order valence-corrected chi connectivity index (χ3v) is 6.46. The second kappa shape index (κ2) is 10.1. The van der Waals surface area contributed by atoms with E-state index in [-0.39, 0.29) is 34.2 Å². The van der Waals surface area contributed by atoms with Gasteiger partial charge in [0.15, 0.2) is 0 Å². The van der Waals surface area contributed by atoms with Crippen molar-refractivity contribution < 1.29 is 17.9 Å². The molecular formula is C19H31N3O4S. The van der Waals surface area contributed by atoms with Crippen LogP contribution in [0.2, 0.25) is 0 Å². The Kier molecular flexibility index (Phi) is 8.07. The molecule has 8 heteroatoms. The first-order valence-corrected chi connectivity index (χ1v) is 11.1. The minimum absolute atomic E-state index is 0.0117. The van der Waals surface area contributed by atoms with Crippen LogP contribution in [0.15, 0.2) is 23.1 Å². The van der Waals surface area contributed by atoms with Crippen molar-refractivity contribution >= 4 is 15.9 Å². The molecular weight excluding hydrogens is 366 g/mol. The average Bonchev–Trinajstić information content (AvgIpc) is 3.16. The number of carbonyl (C=O) groups is 1. The third-order valence-electron chi connectivity index (χ3n) is 4.92. The van der Waals surface area contributed by atoms with Crippen molar-refractivity contribution in [2.75, 3.05) is 13.7 Å². The molecule has 0 saturated heterocycles. The average molecular weight is 398 g/mol. The van der Waals surface area contributed by atoms with Crippen molar-refractivity contribution in [1.29, 1.82) is 0 Å². The summed E-state index contributed by atoms with van der Waals surface area (Å²) in [5, 5.41) is 2.89. The van der Waals surface area contributed by atoms with Gasteiger partial charge in [-0.05, 0) is 37.5 Å². The van der Waals surface area contributed by atoms with Crippen LogP contribution in [0.4, 0.5) is 0 Å². The molecule has 1 unspecified atom stereocenters. The Hall–Kier alpha value is -1.64. The maximum absolute atomic E-state index is 12.8. The number of rotatable bonds is 10. The third kappa shape index (κ3) is 5.92. The molecule has 4 N–H and O–H groups in total. The minimum atomic E-state index is -3.77. The second-order valence-corrected chi connectivity index (χ2v) is 8.70. The fourth-order valence-corrected chi connectivity index (χ4v) is 4.82. The van der Waals surface area contributed by atoms with Crippen molar-refractivity contribution in [3.8, 4) is 5.75 Å². The van der Waals surface area contributed by atoms with Crippen LogP contribution in [0.1, 0.15) is 62.2 Å². The Balaban J connectivity index is 2.21. The molecule has 1 atom stereocenters. The van der Waals surface area contributed by atoms with E-state index >= 15 is 0 Å². The Morgan fingerprint density at radius 1 is 1.33 bits per heavy atom. The summed E-state index contributed by atoms with van der Waals surface area (Å²) in [6.07, 6.45) is 6.48. The van der Waals surface area contributed by atoms with Crippen LogP contribution in [0.25, 0.3) is 0 Å². The van der Waals surface area contributed by atoms with Gasteiger partial charge in [0.2, 0.25) is 10.0 Å². The zero-order valence-electron chi connectivity index (χ0n) is 16.2. The van der Waals surface area contributed by atoms with Crippen molar-refractivity contribution in [1.82, 2.24) is 10.0 Å². The number of amides is 1. The molecule has 0 heterocycles. The molecule has 1 aliphatic rings. The lowest BCUT2D eigenvalue weighted by atomic mass is 10.1. The molecule has 1 aromatic carbocycles. The van der Waals surface area contributed by atoms with Gasteiger partial charge in [-0.2, -0.15) is 0 Å². The molecule has 1 saturated carbocycles. The van der Waals surface area contributed by atoms with Crippen LogP contribution in [0.5, 0.6) is 5.75 Å². The van der Waals surface area contributed by atoms with E-state index in [1.54, 1.807) is 6.07 Å². The summed E-state index contributed by atoms with van der Waals surface area (Å²) >= 11 is 0. The van der Waals surface area contributed by atoms with Gasteiger partial charge in [-0.25, -0.2) is 13.1 Å². The van der Waals surface area contributed by atoms with Gasteiger partial charge in [-0.3, -0.25) is 4.79 Å². The van der Waals surface area contributed by atoms with Crippen LogP contribution in [0.3, 0.4) is 0 Å². The van der Waals surface area contributed by atoms with E-state index in [0.717, 1.165) is 44.9 Å². The highest BCUT2D eigenvalue weighted by atomic mass is 32.2. The summed E-state index contributed by atoms with van der Waals surface area (Å²) in [4.78, 5) is 12.6. The molecule has 1 amide bonds. The molecule has 27 heavy (non-hydrogen) atoms. The first kappa shape index (κ1) is 21.7. The predicted octanol–water partition coefficient (Wildman–Crippen LogP) is 2.16. The van der Waals surface area contributed by atoms with E-state index in [4.69, 9.17) is 10.5 Å². The lowest BCUT2D eigenvalue weighted by Gasteiger charge is -2.18. The molecule has 7 nitrogen and oxygen atoms in total. The SMILES string of the molecule is CCCCC(CN)NC(=O)c1ccc(OC)c(S(=O)(=O)NC2CCCC2)c1. The van der Waals surface area contributed by atoms with Gasteiger partial charge in [-0.1, -0.05) is 32.6 Å². The van der Waals surface area contributed by atoms with Gasteiger partial charge in [0.25, 0.3) is 5.91 Å². The predicted molar refractivity (Wildman–Crippen MR) is 105 cm³/mol. The summed E-state index contributed by atoms with van der Waals surface area (Å²) in [6, 6.07) is 4.26. The highest BCUT2D eigenvalue weighted by molar-refractivity contribution is 7.89. The highest BCUT2D eigenvalue weighted by Gasteiger charge is 2.27. The fourth-order valence-electron chi connectivity index (χ4n) is 3.32. The molecule has 152 valence electrons. The van der Waals surface area contributed by atoms with Crippen molar-refractivity contribution in [2.24, 2.45) is 5.73 Å². The molecule has 1 aromatic rings. The van der Waals surface area contributed by atoms with E-state index in [0.29, 0.717) is 6.54 Å². The fraction of sp³-hybridized carbons (Fsp3) is 0.632. The number of benzene rings is 1. The number of hydrogen-bond donors (Lipinski definition) is 3.